The average Bonchev–Trinajstić information content (AvgIpc) is 2.48. The van der Waals surface area contributed by atoms with Gasteiger partial charge >= 0.3 is 0 Å². The van der Waals surface area contributed by atoms with Gasteiger partial charge in [0.05, 0.1) is 12.2 Å². The minimum Gasteiger partial charge on any atom is -0.488 e. The van der Waals surface area contributed by atoms with E-state index in [9.17, 15) is 4.79 Å². The lowest BCUT2D eigenvalue weighted by molar-refractivity contribution is 0.108. The van der Waals surface area contributed by atoms with Crippen LogP contribution in [0, 0.1) is 0 Å². The minimum atomic E-state index is -0.601. The van der Waals surface area contributed by atoms with E-state index in [4.69, 9.17) is 4.74 Å². The summed E-state index contributed by atoms with van der Waals surface area (Å²) in [5, 5.41) is 0. The highest BCUT2D eigenvalue weighted by Gasteiger charge is 2.15. The van der Waals surface area contributed by atoms with Gasteiger partial charge in [0.2, 0.25) is 0 Å². The number of hydrogen-bond acceptors (Lipinski definition) is 3. The molecule has 1 aromatic heterocycles. The van der Waals surface area contributed by atoms with Gasteiger partial charge in [0, 0.05) is 13.9 Å². The largest absolute Gasteiger partial charge is 0.488 e. The fourth-order valence-corrected chi connectivity index (χ4v) is 2.79. The number of carbonyl (C=O) groups is 1. The van der Waals surface area contributed by atoms with Gasteiger partial charge in [-0.25, -0.2) is 4.75 Å². The molecule has 0 saturated heterocycles. The first kappa shape index (κ1) is 10.7. The molecule has 2 atom stereocenters. The lowest BCUT2D eigenvalue weighted by Crippen LogP contribution is -1.95. The minimum absolute atomic E-state index is 0.152. The Morgan fingerprint density at radius 1 is 1.77 bits per heavy atom. The molecule has 5 heteroatoms. The number of carbonyl (C=O) groups excluding carboxylic acids is 1. The van der Waals surface area contributed by atoms with E-state index in [1.807, 2.05) is 20.3 Å². The highest BCUT2D eigenvalue weighted by Crippen LogP contribution is 2.40. The van der Waals surface area contributed by atoms with Crippen LogP contribution >= 0.6 is 16.3 Å². The molecule has 72 valence electrons. The zero-order chi connectivity index (χ0) is 9.84. The molecule has 0 spiro atoms. The first-order valence-corrected chi connectivity index (χ1v) is 7.31. The van der Waals surface area contributed by atoms with Gasteiger partial charge in [-0.3, -0.25) is 4.79 Å². The summed E-state index contributed by atoms with van der Waals surface area (Å²) in [5.74, 6) is 0. The Bertz CT molecular complexity index is 309. The normalized spacial score (nSPS) is 12.4. The van der Waals surface area contributed by atoms with Crippen LogP contribution in [-0.2, 0) is 6.66 Å². The Morgan fingerprint density at radius 3 is 3.00 bits per heavy atom. The van der Waals surface area contributed by atoms with E-state index >= 15 is 0 Å². The first-order chi connectivity index (χ1) is 6.20. The second-order valence-corrected chi connectivity index (χ2v) is 5.14. The van der Waals surface area contributed by atoms with E-state index < -0.39 is 7.69 Å². The number of rotatable bonds is 4. The molecule has 0 amide bonds. The highest BCUT2D eigenvalue weighted by atomic mass is 31.1. The van der Waals surface area contributed by atoms with Crippen LogP contribution < -0.4 is 4.74 Å². The van der Waals surface area contributed by atoms with E-state index in [1.54, 1.807) is 6.20 Å². The van der Waals surface area contributed by atoms with Crippen molar-refractivity contribution in [3.05, 3.63) is 11.8 Å². The highest BCUT2D eigenvalue weighted by molar-refractivity contribution is 7.58. The van der Waals surface area contributed by atoms with E-state index in [2.05, 4.69) is 4.75 Å². The summed E-state index contributed by atoms with van der Waals surface area (Å²) in [7, 11) is -0.313. The number of aromatic nitrogens is 1. The van der Waals surface area contributed by atoms with Crippen LogP contribution in [0.3, 0.4) is 0 Å². The van der Waals surface area contributed by atoms with Gasteiger partial charge in [-0.2, -0.15) is 0 Å². The smallest absolute Gasteiger partial charge is 0.186 e. The van der Waals surface area contributed by atoms with E-state index in [-0.39, 0.29) is 14.1 Å². The topological polar surface area (TPSA) is 39.2 Å². The summed E-state index contributed by atoms with van der Waals surface area (Å²) in [6.07, 6.45) is 1.66. The monoisotopic (exact) mass is 217 g/mol. The third kappa shape index (κ3) is 2.30. The summed E-state index contributed by atoms with van der Waals surface area (Å²) in [6.45, 7) is 6.40. The summed E-state index contributed by atoms with van der Waals surface area (Å²) in [6, 6.07) is 0. The maximum atomic E-state index is 11.4. The first-order valence-electron chi connectivity index (χ1n) is 4.07. The molecule has 0 aliphatic carbocycles. The molecular weight excluding hydrogens is 204 g/mol. The van der Waals surface area contributed by atoms with Crippen molar-refractivity contribution >= 4 is 21.8 Å². The number of aryl methyl sites for hydroxylation is 1. The van der Waals surface area contributed by atoms with Crippen molar-refractivity contribution in [2.75, 3.05) is 13.3 Å². The molecule has 3 nitrogen and oxygen atoms in total. The Morgan fingerprint density at radius 2 is 2.46 bits per heavy atom. The van der Waals surface area contributed by atoms with Crippen molar-refractivity contribution in [1.29, 1.82) is 0 Å². The van der Waals surface area contributed by atoms with E-state index in [0.717, 1.165) is 5.48 Å². The Hall–Kier alpha value is -0.390. The molecule has 0 fully saturated rings. The molecule has 2 unspecified atom stereocenters. The standard InChI is InChI=1S/C8H13NO2P2/c1-4-11-8-6(7(10)12-2)5-9-13(8)3/h5,12H,4H2,1-3H3. The maximum absolute atomic E-state index is 11.4. The van der Waals surface area contributed by atoms with Gasteiger partial charge in [0.1, 0.15) is 0 Å². The van der Waals surface area contributed by atoms with Gasteiger partial charge in [-0.15, -0.1) is 0 Å². The molecule has 0 aliphatic heterocycles. The lowest BCUT2D eigenvalue weighted by Gasteiger charge is -2.03. The quantitative estimate of drug-likeness (QED) is 0.727. The Balaban J connectivity index is 2.99. The zero-order valence-corrected chi connectivity index (χ0v) is 9.89. The molecular formula is C8H13NO2P2. The summed E-state index contributed by atoms with van der Waals surface area (Å²) < 4.78 is 9.63. The fourth-order valence-electron chi connectivity index (χ4n) is 1.02. The average molecular weight is 217 g/mol. The van der Waals surface area contributed by atoms with Crippen molar-refractivity contribution in [1.82, 2.24) is 4.75 Å². The second-order valence-electron chi connectivity index (χ2n) is 2.50. The number of ether oxygens (including phenoxy) is 1. The molecule has 0 N–H and O–H groups in total. The summed E-state index contributed by atoms with van der Waals surface area (Å²) in [4.78, 5) is 11.4. The van der Waals surface area contributed by atoms with Crippen molar-refractivity contribution in [2.45, 2.75) is 6.92 Å². The van der Waals surface area contributed by atoms with E-state index in [1.165, 1.54) is 0 Å². The molecule has 0 saturated carbocycles. The SMILES string of the molecule is CCOc1c(C(=O)PC)cnp1C. The third-order valence-electron chi connectivity index (χ3n) is 1.64. The Labute approximate surface area is 80.8 Å². The predicted octanol–water partition coefficient (Wildman–Crippen LogP) is 2.45. The predicted molar refractivity (Wildman–Crippen MR) is 57.7 cm³/mol. The van der Waals surface area contributed by atoms with E-state index in [0.29, 0.717) is 12.2 Å². The molecule has 0 bridgehead atoms. The summed E-state index contributed by atoms with van der Waals surface area (Å²) >= 11 is 0. The lowest BCUT2D eigenvalue weighted by atomic mass is 10.4. The molecule has 0 aliphatic rings. The van der Waals surface area contributed by atoms with Gasteiger partial charge in [-0.1, -0.05) is 0 Å². The molecule has 13 heavy (non-hydrogen) atoms. The van der Waals surface area contributed by atoms with Crippen LogP contribution in [0.15, 0.2) is 6.20 Å². The fraction of sp³-hybridized carbons (Fsp3) is 0.500. The van der Waals surface area contributed by atoms with Crippen LogP contribution in [-0.4, -0.2) is 23.5 Å². The zero-order valence-electron chi connectivity index (χ0n) is 8.00. The van der Waals surface area contributed by atoms with Crippen molar-refractivity contribution in [3.8, 4) is 5.48 Å². The maximum Gasteiger partial charge on any atom is 0.186 e. The number of nitrogens with zero attached hydrogens (tertiary/aromatic N) is 1. The van der Waals surface area contributed by atoms with Gasteiger partial charge in [0.15, 0.2) is 11.0 Å². The second kappa shape index (κ2) is 4.74. The molecule has 1 rings (SSSR count). The van der Waals surface area contributed by atoms with Gasteiger partial charge in [0.25, 0.3) is 0 Å². The number of hydrogen-bond donors (Lipinski definition) is 0. The van der Waals surface area contributed by atoms with Gasteiger partial charge < -0.3 is 4.74 Å². The van der Waals surface area contributed by atoms with Gasteiger partial charge in [-0.05, 0) is 28.8 Å². The van der Waals surface area contributed by atoms with Crippen molar-refractivity contribution < 1.29 is 9.53 Å². The van der Waals surface area contributed by atoms with Crippen LogP contribution in [0.4, 0.5) is 0 Å². The van der Waals surface area contributed by atoms with Crippen molar-refractivity contribution in [2.24, 2.45) is 6.66 Å². The van der Waals surface area contributed by atoms with Crippen LogP contribution in [0.5, 0.6) is 5.48 Å². The molecule has 0 radical (unpaired) electrons. The molecule has 1 aromatic rings. The van der Waals surface area contributed by atoms with Crippen LogP contribution in [0.2, 0.25) is 0 Å². The molecule has 0 aromatic carbocycles. The van der Waals surface area contributed by atoms with Crippen LogP contribution in [0.25, 0.3) is 0 Å². The third-order valence-corrected chi connectivity index (χ3v) is 3.78. The molecule has 1 heterocycles. The van der Waals surface area contributed by atoms with Crippen LogP contribution in [0.1, 0.15) is 17.3 Å². The summed E-state index contributed by atoms with van der Waals surface area (Å²) in [5.41, 5.74) is 1.65. The Kier molecular flexibility index (Phi) is 3.90. The van der Waals surface area contributed by atoms with Crippen molar-refractivity contribution in [3.63, 3.8) is 0 Å².